The van der Waals surface area contributed by atoms with Gasteiger partial charge < -0.3 is 10.2 Å². The Balaban J connectivity index is 1.49. The predicted octanol–water partition coefficient (Wildman–Crippen LogP) is 3.76. The maximum Gasteiger partial charge on any atom is 0.244 e. The molecule has 136 valence electrons. The van der Waals surface area contributed by atoms with Gasteiger partial charge in [-0.3, -0.25) is 9.59 Å². The summed E-state index contributed by atoms with van der Waals surface area (Å²) in [5, 5.41) is 5.09. The van der Waals surface area contributed by atoms with Gasteiger partial charge in [0.05, 0.1) is 0 Å². The fourth-order valence-corrected chi connectivity index (χ4v) is 3.39. The molecule has 0 bridgehead atoms. The Morgan fingerprint density at radius 3 is 2.50 bits per heavy atom. The number of nitrogens with one attached hydrogen (secondary N) is 1. The Hall–Kier alpha value is -2.62. The van der Waals surface area contributed by atoms with Gasteiger partial charge >= 0.3 is 0 Å². The predicted molar refractivity (Wildman–Crippen MR) is 106 cm³/mol. The number of amides is 2. The van der Waals surface area contributed by atoms with Gasteiger partial charge in [-0.15, -0.1) is 0 Å². The zero-order valence-corrected chi connectivity index (χ0v) is 15.1. The van der Waals surface area contributed by atoms with Crippen molar-refractivity contribution in [1.82, 2.24) is 10.2 Å². The molecule has 0 aliphatic carbocycles. The van der Waals surface area contributed by atoms with Crippen LogP contribution >= 0.6 is 0 Å². The van der Waals surface area contributed by atoms with E-state index in [0.29, 0.717) is 13.0 Å². The molecule has 0 atom stereocenters. The highest BCUT2D eigenvalue weighted by Gasteiger charge is 2.14. The van der Waals surface area contributed by atoms with Gasteiger partial charge in [0.15, 0.2) is 0 Å². The van der Waals surface area contributed by atoms with Crippen molar-refractivity contribution in [1.29, 1.82) is 0 Å². The molecule has 1 fully saturated rings. The Morgan fingerprint density at radius 1 is 0.962 bits per heavy atom. The number of hydrogen-bond acceptors (Lipinski definition) is 2. The van der Waals surface area contributed by atoms with Crippen molar-refractivity contribution >= 4 is 28.7 Å². The minimum Gasteiger partial charge on any atom is -0.352 e. The van der Waals surface area contributed by atoms with E-state index in [9.17, 15) is 9.59 Å². The van der Waals surface area contributed by atoms with Crippen LogP contribution in [-0.4, -0.2) is 36.3 Å². The van der Waals surface area contributed by atoms with Crippen LogP contribution in [0.2, 0.25) is 0 Å². The second-order valence-corrected chi connectivity index (χ2v) is 6.74. The smallest absolute Gasteiger partial charge is 0.244 e. The third kappa shape index (κ3) is 4.94. The van der Waals surface area contributed by atoms with Gasteiger partial charge in [0.2, 0.25) is 11.8 Å². The minimum atomic E-state index is -0.165. The fourth-order valence-electron chi connectivity index (χ4n) is 3.39. The highest BCUT2D eigenvalue weighted by molar-refractivity contribution is 5.96. The summed E-state index contributed by atoms with van der Waals surface area (Å²) in [5.74, 6) is -0.0215. The molecular formula is C22H26N2O2. The Bertz CT molecular complexity index is 784. The van der Waals surface area contributed by atoms with Crippen LogP contribution in [0.3, 0.4) is 0 Å². The molecule has 1 aliphatic rings. The van der Waals surface area contributed by atoms with Crippen LogP contribution in [0.4, 0.5) is 0 Å². The average Bonchev–Trinajstić information content (AvgIpc) is 2.96. The van der Waals surface area contributed by atoms with E-state index in [1.807, 2.05) is 41.3 Å². The van der Waals surface area contributed by atoms with Crippen LogP contribution in [-0.2, 0) is 9.59 Å². The largest absolute Gasteiger partial charge is 0.352 e. The SMILES string of the molecule is O=C(/C=C/c1cccc2ccccc12)NCCC(=O)N1CCCCCC1. The van der Waals surface area contributed by atoms with Gasteiger partial charge in [-0.25, -0.2) is 0 Å². The first-order valence-corrected chi connectivity index (χ1v) is 9.45. The van der Waals surface area contributed by atoms with E-state index >= 15 is 0 Å². The lowest BCUT2D eigenvalue weighted by molar-refractivity contribution is -0.131. The summed E-state index contributed by atoms with van der Waals surface area (Å²) in [6, 6.07) is 14.1. The van der Waals surface area contributed by atoms with Crippen molar-refractivity contribution < 1.29 is 9.59 Å². The molecule has 2 aromatic rings. The first kappa shape index (κ1) is 18.2. The van der Waals surface area contributed by atoms with Crippen molar-refractivity contribution in [2.24, 2.45) is 0 Å². The van der Waals surface area contributed by atoms with Gasteiger partial charge in [-0.2, -0.15) is 0 Å². The van der Waals surface area contributed by atoms with Gasteiger partial charge in [0, 0.05) is 32.1 Å². The number of benzene rings is 2. The third-order valence-electron chi connectivity index (χ3n) is 4.83. The second-order valence-electron chi connectivity index (χ2n) is 6.74. The zero-order valence-electron chi connectivity index (χ0n) is 15.1. The van der Waals surface area contributed by atoms with Crippen LogP contribution in [0, 0.1) is 0 Å². The van der Waals surface area contributed by atoms with E-state index in [1.165, 1.54) is 18.9 Å². The maximum atomic E-state index is 12.2. The van der Waals surface area contributed by atoms with E-state index in [-0.39, 0.29) is 11.8 Å². The number of carbonyl (C=O) groups is 2. The lowest BCUT2D eigenvalue weighted by Gasteiger charge is -2.20. The van der Waals surface area contributed by atoms with Crippen molar-refractivity contribution in [2.45, 2.75) is 32.1 Å². The van der Waals surface area contributed by atoms with Gasteiger partial charge in [0.1, 0.15) is 0 Å². The monoisotopic (exact) mass is 350 g/mol. The van der Waals surface area contributed by atoms with Crippen LogP contribution < -0.4 is 5.32 Å². The van der Waals surface area contributed by atoms with Crippen molar-refractivity contribution in [2.75, 3.05) is 19.6 Å². The molecule has 2 aromatic carbocycles. The quantitative estimate of drug-likeness (QED) is 0.835. The van der Waals surface area contributed by atoms with E-state index < -0.39 is 0 Å². The summed E-state index contributed by atoms with van der Waals surface area (Å²) in [5.41, 5.74) is 1.01. The fraction of sp³-hybridized carbons (Fsp3) is 0.364. The highest BCUT2D eigenvalue weighted by atomic mass is 16.2. The van der Waals surface area contributed by atoms with Crippen LogP contribution in [0.1, 0.15) is 37.7 Å². The Kier molecular flexibility index (Phi) is 6.42. The topological polar surface area (TPSA) is 49.4 Å². The summed E-state index contributed by atoms with van der Waals surface area (Å²) in [7, 11) is 0. The van der Waals surface area contributed by atoms with Gasteiger partial charge in [-0.05, 0) is 35.3 Å². The molecule has 0 aromatic heterocycles. The summed E-state index contributed by atoms with van der Waals surface area (Å²) in [4.78, 5) is 26.2. The molecule has 0 unspecified atom stereocenters. The summed E-state index contributed by atoms with van der Waals surface area (Å²) >= 11 is 0. The molecule has 1 N–H and O–H groups in total. The normalized spacial score (nSPS) is 15.2. The first-order valence-electron chi connectivity index (χ1n) is 9.45. The molecule has 1 saturated heterocycles. The van der Waals surface area contributed by atoms with E-state index in [1.54, 1.807) is 0 Å². The van der Waals surface area contributed by atoms with Gasteiger partial charge in [0.25, 0.3) is 0 Å². The summed E-state index contributed by atoms with van der Waals surface area (Å²) in [6.07, 6.45) is 8.33. The van der Waals surface area contributed by atoms with Crippen molar-refractivity contribution in [3.8, 4) is 0 Å². The molecule has 26 heavy (non-hydrogen) atoms. The lowest BCUT2D eigenvalue weighted by Crippen LogP contribution is -2.34. The average molecular weight is 350 g/mol. The molecule has 1 heterocycles. The Morgan fingerprint density at radius 2 is 1.69 bits per heavy atom. The van der Waals surface area contributed by atoms with Crippen LogP contribution in [0.15, 0.2) is 48.5 Å². The van der Waals surface area contributed by atoms with Crippen molar-refractivity contribution in [3.63, 3.8) is 0 Å². The number of carbonyl (C=O) groups excluding carboxylic acids is 2. The number of fused-ring (bicyclic) bond motifs is 1. The summed E-state index contributed by atoms with van der Waals surface area (Å²) in [6.45, 7) is 2.09. The highest BCUT2D eigenvalue weighted by Crippen LogP contribution is 2.19. The molecule has 4 heteroatoms. The summed E-state index contributed by atoms with van der Waals surface area (Å²) < 4.78 is 0. The number of nitrogens with zero attached hydrogens (tertiary/aromatic N) is 1. The molecule has 1 aliphatic heterocycles. The molecule has 3 rings (SSSR count). The van der Waals surface area contributed by atoms with E-state index in [4.69, 9.17) is 0 Å². The molecular weight excluding hydrogens is 324 g/mol. The Labute approximate surface area is 154 Å². The minimum absolute atomic E-state index is 0.144. The molecule has 0 radical (unpaired) electrons. The van der Waals surface area contributed by atoms with Gasteiger partial charge in [-0.1, -0.05) is 55.3 Å². The third-order valence-corrected chi connectivity index (χ3v) is 4.83. The van der Waals surface area contributed by atoms with Crippen LogP contribution in [0.5, 0.6) is 0 Å². The standard InChI is InChI=1S/C22H26N2O2/c25-21(23-15-14-22(26)24-16-5-1-2-6-17-24)13-12-19-10-7-9-18-8-3-4-11-20(18)19/h3-4,7-13H,1-2,5-6,14-17H2,(H,23,25)/b13-12+. The van der Waals surface area contributed by atoms with E-state index in [0.717, 1.165) is 42.3 Å². The number of rotatable bonds is 5. The molecule has 4 nitrogen and oxygen atoms in total. The van der Waals surface area contributed by atoms with Crippen molar-refractivity contribution in [3.05, 3.63) is 54.1 Å². The lowest BCUT2D eigenvalue weighted by atomic mass is 10.0. The van der Waals surface area contributed by atoms with Crippen LogP contribution in [0.25, 0.3) is 16.8 Å². The first-order chi connectivity index (χ1) is 12.7. The van der Waals surface area contributed by atoms with E-state index in [2.05, 4.69) is 17.4 Å². The molecule has 0 saturated carbocycles. The number of hydrogen-bond donors (Lipinski definition) is 1. The number of likely N-dealkylation sites (tertiary alicyclic amines) is 1. The molecule has 0 spiro atoms. The zero-order chi connectivity index (χ0) is 18.2. The second kappa shape index (κ2) is 9.18. The maximum absolute atomic E-state index is 12.2. The molecule has 2 amide bonds.